The Morgan fingerprint density at radius 3 is 1.69 bits per heavy atom. The van der Waals surface area contributed by atoms with Gasteiger partial charge in [0.2, 0.25) is 0 Å². The average molecular weight is 421 g/mol. The summed E-state index contributed by atoms with van der Waals surface area (Å²) in [6.45, 7) is 2.05. The zero-order valence-corrected chi connectivity index (χ0v) is 18.2. The van der Waals surface area contributed by atoms with Crippen LogP contribution in [0.2, 0.25) is 0 Å². The Kier molecular flexibility index (Phi) is 5.84. The first-order chi connectivity index (χ1) is 15.9. The van der Waals surface area contributed by atoms with Crippen molar-refractivity contribution in [2.24, 2.45) is 5.10 Å². The predicted octanol–water partition coefficient (Wildman–Crippen LogP) is 5.54. The van der Waals surface area contributed by atoms with Crippen molar-refractivity contribution in [1.29, 1.82) is 0 Å². The van der Waals surface area contributed by atoms with Crippen LogP contribution in [0.25, 0.3) is 0 Å². The minimum Gasteiger partial charge on any atom is -0.318 e. The standard InChI is InChI=1S/C28H28N4/c1-5-13-24(14-6-1)28(25-15-7-2-8-16-25,26-17-9-3-10-18-26)31-22-27(29-23-31)21-30-32-19-11-4-12-20-32/h1-3,5-10,13-18,21-23H,4,11-12,19-20H2/b30-21+. The molecule has 1 aliphatic rings. The minimum absolute atomic E-state index is 0.534. The molecule has 4 aromatic rings. The summed E-state index contributed by atoms with van der Waals surface area (Å²) in [5.41, 5.74) is 3.90. The molecule has 0 radical (unpaired) electrons. The monoisotopic (exact) mass is 420 g/mol. The molecule has 4 nitrogen and oxygen atoms in total. The zero-order chi connectivity index (χ0) is 21.6. The highest BCUT2D eigenvalue weighted by molar-refractivity contribution is 5.76. The van der Waals surface area contributed by atoms with Crippen molar-refractivity contribution in [1.82, 2.24) is 14.6 Å². The third-order valence-electron chi connectivity index (χ3n) is 6.25. The Hall–Kier alpha value is -3.66. The normalized spacial score (nSPS) is 14.7. The molecule has 5 rings (SSSR count). The molecule has 0 saturated carbocycles. The number of benzene rings is 3. The van der Waals surface area contributed by atoms with E-state index in [9.17, 15) is 0 Å². The van der Waals surface area contributed by atoms with Crippen molar-refractivity contribution in [3.63, 3.8) is 0 Å². The van der Waals surface area contributed by atoms with Gasteiger partial charge in [0.25, 0.3) is 0 Å². The highest BCUT2D eigenvalue weighted by Gasteiger charge is 2.38. The molecule has 0 atom stereocenters. The van der Waals surface area contributed by atoms with Gasteiger partial charge in [0.1, 0.15) is 11.2 Å². The lowest BCUT2D eigenvalue weighted by Crippen LogP contribution is -2.36. The van der Waals surface area contributed by atoms with Gasteiger partial charge in [0.15, 0.2) is 0 Å². The molecule has 32 heavy (non-hydrogen) atoms. The van der Waals surface area contributed by atoms with Crippen molar-refractivity contribution in [2.45, 2.75) is 24.8 Å². The van der Waals surface area contributed by atoms with Crippen LogP contribution >= 0.6 is 0 Å². The van der Waals surface area contributed by atoms with Gasteiger partial charge in [0.05, 0.1) is 12.5 Å². The van der Waals surface area contributed by atoms with Gasteiger partial charge in [-0.15, -0.1) is 0 Å². The fourth-order valence-electron chi connectivity index (χ4n) is 4.71. The number of rotatable bonds is 6. The fraction of sp³-hybridized carbons (Fsp3) is 0.214. The van der Waals surface area contributed by atoms with Crippen LogP contribution in [0.15, 0.2) is 109 Å². The van der Waals surface area contributed by atoms with Gasteiger partial charge in [-0.3, -0.25) is 5.01 Å². The van der Waals surface area contributed by atoms with Gasteiger partial charge in [-0.2, -0.15) is 5.10 Å². The summed E-state index contributed by atoms with van der Waals surface area (Å²) >= 11 is 0. The van der Waals surface area contributed by atoms with E-state index < -0.39 is 5.54 Å². The molecule has 2 heterocycles. The van der Waals surface area contributed by atoms with Gasteiger partial charge in [-0.1, -0.05) is 91.0 Å². The number of piperidine rings is 1. The maximum absolute atomic E-state index is 4.73. The highest BCUT2D eigenvalue weighted by atomic mass is 15.4. The van der Waals surface area contributed by atoms with E-state index in [1.165, 1.54) is 36.0 Å². The van der Waals surface area contributed by atoms with E-state index in [1.54, 1.807) is 0 Å². The summed E-state index contributed by atoms with van der Waals surface area (Å²) in [5.74, 6) is 0. The SMILES string of the molecule is C(=N\N1CCCCC1)/c1cn(C(c2ccccc2)(c2ccccc2)c2ccccc2)cn1. The molecule has 4 heteroatoms. The molecule has 1 fully saturated rings. The van der Waals surface area contributed by atoms with Crippen LogP contribution < -0.4 is 0 Å². The molecule has 3 aromatic carbocycles. The lowest BCUT2D eigenvalue weighted by molar-refractivity contribution is 0.240. The maximum Gasteiger partial charge on any atom is 0.121 e. The lowest BCUT2D eigenvalue weighted by Gasteiger charge is -2.37. The van der Waals surface area contributed by atoms with Crippen LogP contribution in [0.4, 0.5) is 0 Å². The smallest absolute Gasteiger partial charge is 0.121 e. The maximum atomic E-state index is 4.73. The molecule has 1 aliphatic heterocycles. The molecule has 160 valence electrons. The topological polar surface area (TPSA) is 33.4 Å². The zero-order valence-electron chi connectivity index (χ0n) is 18.2. The highest BCUT2D eigenvalue weighted by Crippen LogP contribution is 2.40. The first-order valence-corrected chi connectivity index (χ1v) is 11.4. The van der Waals surface area contributed by atoms with Gasteiger partial charge < -0.3 is 4.57 Å². The van der Waals surface area contributed by atoms with Crippen molar-refractivity contribution in [3.8, 4) is 0 Å². The lowest BCUT2D eigenvalue weighted by atomic mass is 9.77. The fourth-order valence-corrected chi connectivity index (χ4v) is 4.71. The quantitative estimate of drug-likeness (QED) is 0.303. The summed E-state index contributed by atoms with van der Waals surface area (Å²) in [7, 11) is 0. The van der Waals surface area contributed by atoms with E-state index >= 15 is 0 Å². The summed E-state index contributed by atoms with van der Waals surface area (Å²) in [4.78, 5) is 4.73. The summed E-state index contributed by atoms with van der Waals surface area (Å²) in [6, 6.07) is 32.0. The number of hydrogen-bond acceptors (Lipinski definition) is 3. The van der Waals surface area contributed by atoms with Crippen molar-refractivity contribution in [2.75, 3.05) is 13.1 Å². The van der Waals surface area contributed by atoms with Crippen LogP contribution in [0.5, 0.6) is 0 Å². The van der Waals surface area contributed by atoms with E-state index in [0.29, 0.717) is 0 Å². The Morgan fingerprint density at radius 2 is 1.19 bits per heavy atom. The Morgan fingerprint density at radius 1 is 0.688 bits per heavy atom. The number of imidazole rings is 1. The minimum atomic E-state index is -0.534. The molecule has 0 amide bonds. The average Bonchev–Trinajstić information content (AvgIpc) is 3.35. The first kappa shape index (κ1) is 20.3. The Labute approximate surface area is 189 Å². The third-order valence-corrected chi connectivity index (χ3v) is 6.25. The van der Waals surface area contributed by atoms with Crippen LogP contribution in [-0.2, 0) is 5.54 Å². The number of hydrogen-bond donors (Lipinski definition) is 0. The molecule has 0 spiro atoms. The summed E-state index contributed by atoms with van der Waals surface area (Å²) < 4.78 is 2.23. The van der Waals surface area contributed by atoms with E-state index in [0.717, 1.165) is 18.8 Å². The largest absolute Gasteiger partial charge is 0.318 e. The van der Waals surface area contributed by atoms with Crippen LogP contribution in [-0.4, -0.2) is 33.9 Å². The summed E-state index contributed by atoms with van der Waals surface area (Å²) in [6.07, 6.45) is 9.67. The van der Waals surface area contributed by atoms with Crippen molar-refractivity contribution in [3.05, 3.63) is 126 Å². The second-order valence-electron chi connectivity index (χ2n) is 8.27. The van der Waals surface area contributed by atoms with Gasteiger partial charge in [0, 0.05) is 19.3 Å². The molecular formula is C28H28N4. The molecule has 1 aromatic heterocycles. The molecule has 0 unspecified atom stereocenters. The second-order valence-corrected chi connectivity index (χ2v) is 8.27. The second kappa shape index (κ2) is 9.23. The van der Waals surface area contributed by atoms with Crippen LogP contribution in [0.3, 0.4) is 0 Å². The van der Waals surface area contributed by atoms with Crippen LogP contribution in [0, 0.1) is 0 Å². The Balaban J connectivity index is 1.65. The van der Waals surface area contributed by atoms with E-state index in [4.69, 9.17) is 10.1 Å². The predicted molar refractivity (Wildman–Crippen MR) is 130 cm³/mol. The number of nitrogens with zero attached hydrogens (tertiary/aromatic N) is 4. The van der Waals surface area contributed by atoms with Gasteiger partial charge >= 0.3 is 0 Å². The molecule has 0 aliphatic carbocycles. The molecule has 0 bridgehead atoms. The van der Waals surface area contributed by atoms with Crippen molar-refractivity contribution >= 4 is 6.21 Å². The summed E-state index contributed by atoms with van der Waals surface area (Å²) in [5, 5.41) is 6.85. The molecule has 0 N–H and O–H groups in total. The van der Waals surface area contributed by atoms with Crippen LogP contribution in [0.1, 0.15) is 41.6 Å². The number of aromatic nitrogens is 2. The Bertz CT molecular complexity index is 1050. The number of hydrazone groups is 1. The van der Waals surface area contributed by atoms with Crippen molar-refractivity contribution < 1.29 is 0 Å². The molecule has 1 saturated heterocycles. The van der Waals surface area contributed by atoms with E-state index in [1.807, 2.05) is 12.5 Å². The van der Waals surface area contributed by atoms with Gasteiger partial charge in [-0.05, 0) is 36.0 Å². The first-order valence-electron chi connectivity index (χ1n) is 11.4. The third kappa shape index (κ3) is 3.84. The van der Waals surface area contributed by atoms with E-state index in [-0.39, 0.29) is 0 Å². The van der Waals surface area contributed by atoms with Gasteiger partial charge in [-0.25, -0.2) is 4.98 Å². The van der Waals surface area contributed by atoms with E-state index in [2.05, 4.69) is 107 Å². The molecular weight excluding hydrogens is 392 g/mol.